The molecule has 1 saturated heterocycles. The number of aryl methyl sites for hydroxylation is 2. The lowest BCUT2D eigenvalue weighted by molar-refractivity contribution is -0.126. The second-order valence-electron chi connectivity index (χ2n) is 8.12. The van der Waals surface area contributed by atoms with Crippen LogP contribution in [0.3, 0.4) is 0 Å². The van der Waals surface area contributed by atoms with Gasteiger partial charge in [-0.3, -0.25) is 9.59 Å². The molecule has 1 N–H and O–H groups in total. The number of amides is 2. The number of rotatable bonds is 5. The van der Waals surface area contributed by atoms with E-state index in [1.807, 2.05) is 0 Å². The van der Waals surface area contributed by atoms with E-state index in [4.69, 9.17) is 0 Å². The molecule has 0 unspecified atom stereocenters. The summed E-state index contributed by atoms with van der Waals surface area (Å²) in [5.74, 6) is -0.850. The Morgan fingerprint density at radius 2 is 1.71 bits per heavy atom. The van der Waals surface area contributed by atoms with E-state index in [-0.39, 0.29) is 35.0 Å². The molecule has 166 valence electrons. The first-order valence-corrected chi connectivity index (χ1v) is 12.1. The zero-order valence-electron chi connectivity index (χ0n) is 17.9. The molecule has 0 spiro atoms. The molecular weight excluding hydrogens is 419 g/mol. The third-order valence-corrected chi connectivity index (χ3v) is 6.83. The number of carbonyl (C=O) groups excluding carboxylic acids is 2. The van der Waals surface area contributed by atoms with Crippen molar-refractivity contribution in [1.29, 1.82) is 0 Å². The van der Waals surface area contributed by atoms with E-state index in [0.717, 1.165) is 6.26 Å². The highest BCUT2D eigenvalue weighted by molar-refractivity contribution is 7.90. The Morgan fingerprint density at radius 3 is 2.32 bits per heavy atom. The first-order valence-electron chi connectivity index (χ1n) is 10.2. The van der Waals surface area contributed by atoms with E-state index >= 15 is 0 Å². The molecule has 0 atom stereocenters. The monoisotopic (exact) mass is 446 g/mol. The molecular formula is C23H27FN2O4S. The molecule has 2 amide bonds. The molecule has 0 radical (unpaired) electrons. The minimum absolute atomic E-state index is 0.108. The molecule has 1 fully saturated rings. The van der Waals surface area contributed by atoms with Crippen LogP contribution in [0.2, 0.25) is 0 Å². The van der Waals surface area contributed by atoms with Gasteiger partial charge in [0.25, 0.3) is 5.91 Å². The zero-order chi connectivity index (χ0) is 22.8. The summed E-state index contributed by atoms with van der Waals surface area (Å²) in [6.07, 6.45) is 2.15. The normalized spacial score (nSPS) is 15.0. The zero-order valence-corrected chi connectivity index (χ0v) is 18.8. The van der Waals surface area contributed by atoms with Crippen LogP contribution in [0.15, 0.2) is 41.3 Å². The van der Waals surface area contributed by atoms with Crippen molar-refractivity contribution in [1.82, 2.24) is 10.2 Å². The van der Waals surface area contributed by atoms with Gasteiger partial charge in [-0.05, 0) is 61.6 Å². The Kier molecular flexibility index (Phi) is 6.79. The lowest BCUT2D eigenvalue weighted by Crippen LogP contribution is -2.43. The summed E-state index contributed by atoms with van der Waals surface area (Å²) in [6, 6.07) is 9.45. The lowest BCUT2D eigenvalue weighted by Gasteiger charge is -2.31. The first kappa shape index (κ1) is 22.9. The van der Waals surface area contributed by atoms with Gasteiger partial charge >= 0.3 is 0 Å². The van der Waals surface area contributed by atoms with E-state index in [2.05, 4.69) is 5.32 Å². The van der Waals surface area contributed by atoms with E-state index < -0.39 is 9.84 Å². The van der Waals surface area contributed by atoms with E-state index in [1.54, 1.807) is 36.9 Å². The van der Waals surface area contributed by atoms with E-state index in [0.29, 0.717) is 48.2 Å². The average Bonchev–Trinajstić information content (AvgIpc) is 2.73. The van der Waals surface area contributed by atoms with Gasteiger partial charge < -0.3 is 10.2 Å². The Morgan fingerprint density at radius 1 is 1.06 bits per heavy atom. The van der Waals surface area contributed by atoms with Gasteiger partial charge in [-0.25, -0.2) is 12.8 Å². The third kappa shape index (κ3) is 5.50. The highest BCUT2D eigenvalue weighted by Crippen LogP contribution is 2.22. The van der Waals surface area contributed by atoms with Crippen LogP contribution >= 0.6 is 0 Å². The first-order chi connectivity index (χ1) is 14.6. The van der Waals surface area contributed by atoms with Crippen molar-refractivity contribution in [3.8, 4) is 0 Å². The molecule has 0 aromatic heterocycles. The lowest BCUT2D eigenvalue weighted by atomic mass is 9.95. The summed E-state index contributed by atoms with van der Waals surface area (Å²) < 4.78 is 37.3. The summed E-state index contributed by atoms with van der Waals surface area (Å²) in [7, 11) is -3.41. The molecule has 3 rings (SSSR count). The fourth-order valence-corrected chi connectivity index (χ4v) is 4.30. The molecule has 8 heteroatoms. The van der Waals surface area contributed by atoms with E-state index in [9.17, 15) is 22.4 Å². The number of nitrogens with one attached hydrogen (secondary N) is 1. The topological polar surface area (TPSA) is 83.6 Å². The number of benzene rings is 2. The van der Waals surface area contributed by atoms with Crippen molar-refractivity contribution in [2.45, 2.75) is 38.1 Å². The average molecular weight is 447 g/mol. The van der Waals surface area contributed by atoms with Gasteiger partial charge in [0.15, 0.2) is 9.84 Å². The van der Waals surface area contributed by atoms with Gasteiger partial charge in [-0.1, -0.05) is 18.2 Å². The van der Waals surface area contributed by atoms with Crippen molar-refractivity contribution < 1.29 is 22.4 Å². The molecule has 2 aromatic rings. The van der Waals surface area contributed by atoms with Crippen LogP contribution in [0, 0.1) is 25.6 Å². The van der Waals surface area contributed by atoms with Gasteiger partial charge in [0.05, 0.1) is 4.90 Å². The predicted octanol–water partition coefficient (Wildman–Crippen LogP) is 3.01. The van der Waals surface area contributed by atoms with Crippen molar-refractivity contribution >= 4 is 21.7 Å². The summed E-state index contributed by atoms with van der Waals surface area (Å²) >= 11 is 0. The van der Waals surface area contributed by atoms with Gasteiger partial charge in [-0.15, -0.1) is 0 Å². The molecule has 1 heterocycles. The van der Waals surface area contributed by atoms with Crippen LogP contribution in [0.5, 0.6) is 0 Å². The highest BCUT2D eigenvalue weighted by atomic mass is 32.2. The van der Waals surface area contributed by atoms with Gasteiger partial charge in [-0.2, -0.15) is 0 Å². The number of halogens is 1. The van der Waals surface area contributed by atoms with E-state index in [1.165, 1.54) is 18.2 Å². The summed E-state index contributed by atoms with van der Waals surface area (Å²) in [5, 5.41) is 2.85. The molecule has 2 aromatic carbocycles. The van der Waals surface area contributed by atoms with Gasteiger partial charge in [0, 0.05) is 37.4 Å². The highest BCUT2D eigenvalue weighted by Gasteiger charge is 2.28. The predicted molar refractivity (Wildman–Crippen MR) is 116 cm³/mol. The molecule has 0 saturated carbocycles. The van der Waals surface area contributed by atoms with Gasteiger partial charge in [0.2, 0.25) is 5.91 Å². The van der Waals surface area contributed by atoms with Crippen molar-refractivity contribution in [2.24, 2.45) is 5.92 Å². The van der Waals surface area contributed by atoms with Crippen LogP contribution in [-0.4, -0.2) is 44.5 Å². The minimum atomic E-state index is -3.41. The van der Waals surface area contributed by atoms with Gasteiger partial charge in [0.1, 0.15) is 5.82 Å². The minimum Gasteiger partial charge on any atom is -0.352 e. The van der Waals surface area contributed by atoms with Crippen LogP contribution in [0.4, 0.5) is 4.39 Å². The second-order valence-corrected chi connectivity index (χ2v) is 10.1. The Labute approximate surface area is 182 Å². The summed E-state index contributed by atoms with van der Waals surface area (Å²) in [6.45, 7) is 4.54. The largest absolute Gasteiger partial charge is 0.352 e. The van der Waals surface area contributed by atoms with Crippen molar-refractivity contribution in [3.05, 3.63) is 64.5 Å². The van der Waals surface area contributed by atoms with Crippen LogP contribution in [0.25, 0.3) is 0 Å². The van der Waals surface area contributed by atoms with Crippen LogP contribution in [-0.2, 0) is 21.2 Å². The molecule has 1 aliphatic heterocycles. The molecule has 0 bridgehead atoms. The number of piperidine rings is 1. The number of carbonyl (C=O) groups is 2. The standard InChI is InChI=1S/C23H27FN2O4S/c1-15-5-7-19(31(3,29)30)13-20(15)23(28)26-10-8-18(9-11-26)22(27)25-14-17-6-4-16(2)21(24)12-17/h4-7,12-13,18H,8-11,14H2,1-3H3,(H,25,27). The maximum atomic E-state index is 13.7. The van der Waals surface area contributed by atoms with Crippen molar-refractivity contribution in [3.63, 3.8) is 0 Å². The SMILES string of the molecule is Cc1ccc(CNC(=O)C2CCN(C(=O)c3cc(S(C)(=O)=O)ccc3C)CC2)cc1F. The number of hydrogen-bond acceptors (Lipinski definition) is 4. The smallest absolute Gasteiger partial charge is 0.254 e. The number of likely N-dealkylation sites (tertiary alicyclic amines) is 1. The van der Waals surface area contributed by atoms with Crippen molar-refractivity contribution in [2.75, 3.05) is 19.3 Å². The Hall–Kier alpha value is -2.74. The summed E-state index contributed by atoms with van der Waals surface area (Å²) in [4.78, 5) is 27.2. The quantitative estimate of drug-likeness (QED) is 0.765. The fourth-order valence-electron chi connectivity index (χ4n) is 3.66. The van der Waals surface area contributed by atoms with Crippen LogP contribution in [0.1, 0.15) is 39.9 Å². The maximum Gasteiger partial charge on any atom is 0.254 e. The third-order valence-electron chi connectivity index (χ3n) is 5.72. The molecule has 0 aliphatic carbocycles. The second kappa shape index (κ2) is 9.18. The molecule has 6 nitrogen and oxygen atoms in total. The number of nitrogens with zero attached hydrogens (tertiary/aromatic N) is 1. The number of hydrogen-bond donors (Lipinski definition) is 1. The maximum absolute atomic E-state index is 13.7. The Bertz CT molecular complexity index is 1110. The molecule has 1 aliphatic rings. The summed E-state index contributed by atoms with van der Waals surface area (Å²) in [5.41, 5.74) is 2.34. The number of sulfone groups is 1. The van der Waals surface area contributed by atoms with Crippen LogP contribution < -0.4 is 5.32 Å². The fraction of sp³-hybridized carbons (Fsp3) is 0.391. The molecule has 31 heavy (non-hydrogen) atoms. The Balaban J connectivity index is 1.58.